The van der Waals surface area contributed by atoms with E-state index in [1.807, 2.05) is 0 Å². The fourth-order valence-corrected chi connectivity index (χ4v) is 2.46. The highest BCUT2D eigenvalue weighted by Crippen LogP contribution is 2.27. The van der Waals surface area contributed by atoms with E-state index in [4.69, 9.17) is 0 Å². The van der Waals surface area contributed by atoms with E-state index >= 15 is 0 Å². The standard InChI is InChI=1S/C13H16N4/c1-2-4-11(5-3-1)13-7-6-12(8-14-13)17-9-15-16-10-17/h1-5,9-10,12-14H,6-8H2. The van der Waals surface area contributed by atoms with E-state index in [1.54, 1.807) is 12.7 Å². The van der Waals surface area contributed by atoms with Gasteiger partial charge in [-0.3, -0.25) is 0 Å². The van der Waals surface area contributed by atoms with Crippen molar-refractivity contribution in [1.82, 2.24) is 20.1 Å². The van der Waals surface area contributed by atoms with Gasteiger partial charge in [0, 0.05) is 18.6 Å². The molecule has 4 heteroatoms. The van der Waals surface area contributed by atoms with Gasteiger partial charge >= 0.3 is 0 Å². The molecule has 0 spiro atoms. The molecule has 88 valence electrons. The first-order chi connectivity index (χ1) is 8.43. The molecular formula is C13H16N4. The van der Waals surface area contributed by atoms with Crippen LogP contribution < -0.4 is 5.32 Å². The number of nitrogens with zero attached hydrogens (tertiary/aromatic N) is 3. The normalized spacial score (nSPS) is 24.7. The molecule has 1 fully saturated rings. The van der Waals surface area contributed by atoms with Crippen molar-refractivity contribution in [3.63, 3.8) is 0 Å². The predicted octanol–water partition coefficient (Wildman–Crippen LogP) is 1.94. The number of nitrogens with one attached hydrogen (secondary N) is 1. The molecule has 4 nitrogen and oxygen atoms in total. The Morgan fingerprint density at radius 1 is 1.06 bits per heavy atom. The first-order valence-electron chi connectivity index (χ1n) is 6.06. The van der Waals surface area contributed by atoms with E-state index in [2.05, 4.69) is 50.4 Å². The zero-order valence-electron chi connectivity index (χ0n) is 9.66. The summed E-state index contributed by atoms with van der Waals surface area (Å²) in [5, 5.41) is 11.3. The summed E-state index contributed by atoms with van der Waals surface area (Å²) in [6.45, 7) is 0.984. The number of aromatic nitrogens is 3. The Kier molecular flexibility index (Phi) is 2.88. The summed E-state index contributed by atoms with van der Waals surface area (Å²) in [4.78, 5) is 0. The van der Waals surface area contributed by atoms with Gasteiger partial charge in [0.15, 0.2) is 0 Å². The molecule has 1 aliphatic heterocycles. The van der Waals surface area contributed by atoms with Crippen LogP contribution >= 0.6 is 0 Å². The molecule has 3 rings (SSSR count). The van der Waals surface area contributed by atoms with E-state index in [0.29, 0.717) is 12.1 Å². The van der Waals surface area contributed by atoms with Crippen molar-refractivity contribution in [2.45, 2.75) is 24.9 Å². The Labute approximate surface area is 101 Å². The predicted molar refractivity (Wildman–Crippen MR) is 65.5 cm³/mol. The fourth-order valence-electron chi connectivity index (χ4n) is 2.46. The lowest BCUT2D eigenvalue weighted by molar-refractivity contribution is 0.312. The van der Waals surface area contributed by atoms with Crippen LogP contribution in [0.25, 0.3) is 0 Å². The van der Waals surface area contributed by atoms with Gasteiger partial charge in [0.25, 0.3) is 0 Å². The van der Waals surface area contributed by atoms with Gasteiger partial charge in [-0.2, -0.15) is 0 Å². The molecule has 2 unspecified atom stereocenters. The number of benzene rings is 1. The Morgan fingerprint density at radius 3 is 2.47 bits per heavy atom. The molecule has 0 aliphatic carbocycles. The second-order valence-corrected chi connectivity index (χ2v) is 4.51. The molecule has 1 saturated heterocycles. The van der Waals surface area contributed by atoms with E-state index in [0.717, 1.165) is 13.0 Å². The Morgan fingerprint density at radius 2 is 1.82 bits per heavy atom. The van der Waals surface area contributed by atoms with Crippen LogP contribution in [0.1, 0.15) is 30.5 Å². The van der Waals surface area contributed by atoms with Crippen LogP contribution in [0.15, 0.2) is 43.0 Å². The third kappa shape index (κ3) is 2.22. The SMILES string of the molecule is c1ccc(C2CCC(n3cnnc3)CN2)cc1. The van der Waals surface area contributed by atoms with E-state index in [1.165, 1.54) is 12.0 Å². The highest BCUT2D eigenvalue weighted by Gasteiger charge is 2.22. The molecule has 1 N–H and O–H groups in total. The molecule has 17 heavy (non-hydrogen) atoms. The highest BCUT2D eigenvalue weighted by atomic mass is 15.2. The highest BCUT2D eigenvalue weighted by molar-refractivity contribution is 5.19. The van der Waals surface area contributed by atoms with Gasteiger partial charge < -0.3 is 9.88 Å². The maximum Gasteiger partial charge on any atom is 0.119 e. The average Bonchev–Trinajstić information content (AvgIpc) is 2.94. The van der Waals surface area contributed by atoms with Gasteiger partial charge in [-0.25, -0.2) is 0 Å². The first kappa shape index (κ1) is 10.5. The number of piperidine rings is 1. The van der Waals surface area contributed by atoms with Crippen molar-refractivity contribution < 1.29 is 0 Å². The van der Waals surface area contributed by atoms with Crippen LogP contribution in [0.4, 0.5) is 0 Å². The summed E-state index contributed by atoms with van der Waals surface area (Å²) in [6.07, 6.45) is 5.93. The Hall–Kier alpha value is -1.68. The van der Waals surface area contributed by atoms with E-state index in [9.17, 15) is 0 Å². The van der Waals surface area contributed by atoms with Crippen molar-refractivity contribution in [2.24, 2.45) is 0 Å². The van der Waals surface area contributed by atoms with Crippen molar-refractivity contribution in [3.8, 4) is 0 Å². The summed E-state index contributed by atoms with van der Waals surface area (Å²) in [5.74, 6) is 0. The second kappa shape index (κ2) is 4.67. The molecule has 2 aromatic rings. The van der Waals surface area contributed by atoms with Crippen molar-refractivity contribution >= 4 is 0 Å². The van der Waals surface area contributed by atoms with Crippen molar-refractivity contribution in [2.75, 3.05) is 6.54 Å². The van der Waals surface area contributed by atoms with Crippen molar-refractivity contribution in [1.29, 1.82) is 0 Å². The number of hydrogen-bond donors (Lipinski definition) is 1. The van der Waals surface area contributed by atoms with Gasteiger partial charge in [0.2, 0.25) is 0 Å². The van der Waals surface area contributed by atoms with Crippen LogP contribution in [-0.2, 0) is 0 Å². The van der Waals surface area contributed by atoms with Gasteiger partial charge in [0.05, 0.1) is 0 Å². The lowest BCUT2D eigenvalue weighted by atomic mass is 9.95. The van der Waals surface area contributed by atoms with Gasteiger partial charge in [0.1, 0.15) is 12.7 Å². The summed E-state index contributed by atoms with van der Waals surface area (Å²) in [5.41, 5.74) is 1.38. The maximum absolute atomic E-state index is 3.86. The summed E-state index contributed by atoms with van der Waals surface area (Å²) in [7, 11) is 0. The topological polar surface area (TPSA) is 42.7 Å². The van der Waals surface area contributed by atoms with E-state index in [-0.39, 0.29) is 0 Å². The van der Waals surface area contributed by atoms with Crippen LogP contribution in [0.2, 0.25) is 0 Å². The fraction of sp³-hybridized carbons (Fsp3) is 0.385. The smallest absolute Gasteiger partial charge is 0.119 e. The zero-order valence-corrected chi connectivity index (χ0v) is 9.66. The molecule has 2 atom stereocenters. The van der Waals surface area contributed by atoms with Crippen LogP contribution in [0.3, 0.4) is 0 Å². The number of rotatable bonds is 2. The summed E-state index contributed by atoms with van der Waals surface area (Å²) < 4.78 is 2.09. The molecule has 1 aliphatic rings. The lowest BCUT2D eigenvalue weighted by Crippen LogP contribution is -2.34. The summed E-state index contributed by atoms with van der Waals surface area (Å²) in [6, 6.07) is 11.6. The molecule has 1 aromatic carbocycles. The molecule has 0 radical (unpaired) electrons. The minimum absolute atomic E-state index is 0.490. The number of hydrogen-bond acceptors (Lipinski definition) is 3. The molecule has 1 aromatic heterocycles. The van der Waals surface area contributed by atoms with Gasteiger partial charge in [-0.05, 0) is 18.4 Å². The zero-order chi connectivity index (χ0) is 11.5. The first-order valence-corrected chi connectivity index (χ1v) is 6.06. The molecule has 0 saturated carbocycles. The average molecular weight is 228 g/mol. The van der Waals surface area contributed by atoms with Crippen LogP contribution in [0.5, 0.6) is 0 Å². The third-order valence-corrected chi connectivity index (χ3v) is 3.45. The minimum atomic E-state index is 0.490. The Bertz CT molecular complexity index is 444. The molecule has 0 amide bonds. The minimum Gasteiger partial charge on any atom is -0.316 e. The van der Waals surface area contributed by atoms with Crippen molar-refractivity contribution in [3.05, 3.63) is 48.5 Å². The molecular weight excluding hydrogens is 212 g/mol. The maximum atomic E-state index is 3.86. The van der Waals surface area contributed by atoms with E-state index < -0.39 is 0 Å². The van der Waals surface area contributed by atoms with Crippen LogP contribution in [0, 0.1) is 0 Å². The van der Waals surface area contributed by atoms with Gasteiger partial charge in [-0.15, -0.1) is 10.2 Å². The van der Waals surface area contributed by atoms with Gasteiger partial charge in [-0.1, -0.05) is 30.3 Å². The van der Waals surface area contributed by atoms with Crippen LogP contribution in [-0.4, -0.2) is 21.3 Å². The largest absolute Gasteiger partial charge is 0.316 e. The quantitative estimate of drug-likeness (QED) is 0.854. The lowest BCUT2D eigenvalue weighted by Gasteiger charge is -2.30. The third-order valence-electron chi connectivity index (χ3n) is 3.45. The molecule has 0 bridgehead atoms. The Balaban J connectivity index is 1.65. The molecule has 2 heterocycles. The monoisotopic (exact) mass is 228 g/mol. The second-order valence-electron chi connectivity index (χ2n) is 4.51. The summed E-state index contributed by atoms with van der Waals surface area (Å²) >= 11 is 0.